The summed E-state index contributed by atoms with van der Waals surface area (Å²) >= 11 is 2.89. The topological polar surface area (TPSA) is 72.7 Å². The lowest BCUT2D eigenvalue weighted by molar-refractivity contribution is -0.113. The van der Waals surface area contributed by atoms with Gasteiger partial charge in [-0.3, -0.25) is 4.79 Å². The molecule has 4 rings (SSSR count). The first-order chi connectivity index (χ1) is 14.1. The molecule has 1 N–H and O–H groups in total. The van der Waals surface area contributed by atoms with Crippen molar-refractivity contribution in [3.8, 4) is 11.3 Å². The predicted molar refractivity (Wildman–Crippen MR) is 119 cm³/mol. The van der Waals surface area contributed by atoms with Gasteiger partial charge in [-0.1, -0.05) is 60.9 Å². The summed E-state index contributed by atoms with van der Waals surface area (Å²) in [5.41, 5.74) is 3.15. The van der Waals surface area contributed by atoms with Crippen molar-refractivity contribution in [2.75, 3.05) is 11.1 Å². The van der Waals surface area contributed by atoms with Gasteiger partial charge in [-0.2, -0.15) is 0 Å². The number of hydrogen-bond acceptors (Lipinski definition) is 6. The zero-order valence-corrected chi connectivity index (χ0v) is 18.4. The highest BCUT2D eigenvalue weighted by molar-refractivity contribution is 7.99. The number of aryl methyl sites for hydroxylation is 2. The Bertz CT molecular complexity index is 973. The summed E-state index contributed by atoms with van der Waals surface area (Å²) in [5, 5.41) is 14.9. The quantitative estimate of drug-likeness (QED) is 0.544. The largest absolute Gasteiger partial charge is 0.303 e. The molecular weight excluding hydrogens is 402 g/mol. The third-order valence-corrected chi connectivity index (χ3v) is 6.91. The van der Waals surface area contributed by atoms with Gasteiger partial charge in [0.2, 0.25) is 5.91 Å². The van der Waals surface area contributed by atoms with Crippen molar-refractivity contribution < 1.29 is 4.79 Å². The maximum Gasteiger partial charge on any atom is 0.236 e. The van der Waals surface area contributed by atoms with Crippen LogP contribution in [0, 0.1) is 13.8 Å². The maximum atomic E-state index is 12.4. The first-order valence-corrected chi connectivity index (χ1v) is 11.8. The molecule has 8 heteroatoms. The molecule has 0 bridgehead atoms. The molecule has 29 heavy (non-hydrogen) atoms. The van der Waals surface area contributed by atoms with Gasteiger partial charge in [-0.25, -0.2) is 4.98 Å². The molecule has 6 nitrogen and oxygen atoms in total. The summed E-state index contributed by atoms with van der Waals surface area (Å²) in [4.78, 5) is 17.0. The standard InChI is InChI=1S/C21H25N5OS2/c1-14-8-10-16(11-9-14)18-12-28-20(22-18)23-19(27)13-29-21-25-24-15(2)26(21)17-6-4-3-5-7-17/h8-12,17H,3-7,13H2,1-2H3,(H,22,23,27). The highest BCUT2D eigenvalue weighted by Crippen LogP contribution is 2.32. The maximum absolute atomic E-state index is 12.4. The van der Waals surface area contributed by atoms with E-state index in [1.807, 2.05) is 24.4 Å². The van der Waals surface area contributed by atoms with E-state index in [1.165, 1.54) is 60.8 Å². The fourth-order valence-electron chi connectivity index (χ4n) is 3.68. The smallest absolute Gasteiger partial charge is 0.236 e. The average Bonchev–Trinajstić information content (AvgIpc) is 3.34. The van der Waals surface area contributed by atoms with Crippen molar-refractivity contribution >= 4 is 34.1 Å². The number of benzene rings is 1. The molecule has 2 heterocycles. The molecule has 3 aromatic rings. The van der Waals surface area contributed by atoms with Crippen molar-refractivity contribution in [2.24, 2.45) is 0 Å². The summed E-state index contributed by atoms with van der Waals surface area (Å²) in [7, 11) is 0. The van der Waals surface area contributed by atoms with Crippen molar-refractivity contribution in [3.63, 3.8) is 0 Å². The number of nitrogens with one attached hydrogen (secondary N) is 1. The van der Waals surface area contributed by atoms with E-state index in [0.717, 1.165) is 22.2 Å². The van der Waals surface area contributed by atoms with Crippen LogP contribution in [-0.2, 0) is 4.79 Å². The van der Waals surface area contributed by atoms with Gasteiger partial charge in [0.05, 0.1) is 11.4 Å². The van der Waals surface area contributed by atoms with Gasteiger partial charge in [0.15, 0.2) is 10.3 Å². The Balaban J connectivity index is 1.36. The molecule has 0 aliphatic heterocycles. The molecule has 0 atom stereocenters. The minimum Gasteiger partial charge on any atom is -0.303 e. The molecular formula is C21H25N5OS2. The lowest BCUT2D eigenvalue weighted by Gasteiger charge is -2.24. The number of anilines is 1. The van der Waals surface area contributed by atoms with Crippen LogP contribution in [0.4, 0.5) is 5.13 Å². The number of thioether (sulfide) groups is 1. The molecule has 1 aliphatic rings. The number of hydrogen-bond donors (Lipinski definition) is 1. The van der Waals surface area contributed by atoms with Crippen molar-refractivity contribution in [1.29, 1.82) is 0 Å². The second kappa shape index (κ2) is 9.09. The summed E-state index contributed by atoms with van der Waals surface area (Å²) in [6.07, 6.45) is 6.14. The third-order valence-electron chi connectivity index (χ3n) is 5.21. The Morgan fingerprint density at radius 2 is 1.93 bits per heavy atom. The van der Waals surface area contributed by atoms with Crippen LogP contribution in [0.2, 0.25) is 0 Å². The van der Waals surface area contributed by atoms with Gasteiger partial charge in [0, 0.05) is 17.0 Å². The van der Waals surface area contributed by atoms with Gasteiger partial charge in [0.25, 0.3) is 0 Å². The van der Waals surface area contributed by atoms with E-state index in [-0.39, 0.29) is 5.91 Å². The molecule has 1 aliphatic carbocycles. The Hall–Kier alpha value is -2.19. The van der Waals surface area contributed by atoms with Gasteiger partial charge in [-0.05, 0) is 26.7 Å². The highest BCUT2D eigenvalue weighted by Gasteiger charge is 2.22. The molecule has 152 valence electrons. The van der Waals surface area contributed by atoms with E-state index in [0.29, 0.717) is 16.9 Å². The van der Waals surface area contributed by atoms with Crippen molar-refractivity contribution in [1.82, 2.24) is 19.7 Å². The predicted octanol–water partition coefficient (Wildman–Crippen LogP) is 5.25. The molecule has 0 radical (unpaired) electrons. The molecule has 0 saturated heterocycles. The van der Waals surface area contributed by atoms with Crippen LogP contribution in [0.3, 0.4) is 0 Å². The molecule has 1 amide bonds. The fraction of sp³-hybridized carbons (Fsp3) is 0.429. The number of rotatable bonds is 6. The number of amides is 1. The van der Waals surface area contributed by atoms with E-state index in [2.05, 4.69) is 44.1 Å². The van der Waals surface area contributed by atoms with Crippen LogP contribution < -0.4 is 5.32 Å². The molecule has 2 aromatic heterocycles. The zero-order chi connectivity index (χ0) is 20.2. The minimum atomic E-state index is -0.0735. The van der Waals surface area contributed by atoms with E-state index in [1.54, 1.807) is 0 Å². The lowest BCUT2D eigenvalue weighted by Crippen LogP contribution is -2.17. The number of thiazole rings is 1. The number of aromatic nitrogens is 4. The molecule has 1 saturated carbocycles. The van der Waals surface area contributed by atoms with Crippen molar-refractivity contribution in [3.05, 3.63) is 41.0 Å². The first kappa shape index (κ1) is 20.1. The normalized spacial score (nSPS) is 14.8. The number of carbonyl (C=O) groups excluding carboxylic acids is 1. The van der Waals surface area contributed by atoms with Crippen LogP contribution in [0.25, 0.3) is 11.3 Å². The SMILES string of the molecule is Cc1ccc(-c2csc(NC(=O)CSc3nnc(C)n3C3CCCCC3)n2)cc1. The third kappa shape index (κ3) is 4.87. The van der Waals surface area contributed by atoms with Crippen LogP contribution in [0.5, 0.6) is 0 Å². The number of carbonyl (C=O) groups is 1. The lowest BCUT2D eigenvalue weighted by atomic mass is 9.95. The molecule has 0 spiro atoms. The minimum absolute atomic E-state index is 0.0735. The zero-order valence-electron chi connectivity index (χ0n) is 16.7. The van der Waals surface area contributed by atoms with Gasteiger partial charge < -0.3 is 9.88 Å². The van der Waals surface area contributed by atoms with Crippen LogP contribution >= 0.6 is 23.1 Å². The van der Waals surface area contributed by atoms with E-state index < -0.39 is 0 Å². The second-order valence-electron chi connectivity index (χ2n) is 7.43. The summed E-state index contributed by atoms with van der Waals surface area (Å²) in [6.45, 7) is 4.05. The monoisotopic (exact) mass is 427 g/mol. The van der Waals surface area contributed by atoms with E-state index >= 15 is 0 Å². The van der Waals surface area contributed by atoms with Gasteiger partial charge in [-0.15, -0.1) is 21.5 Å². The Morgan fingerprint density at radius 1 is 1.17 bits per heavy atom. The van der Waals surface area contributed by atoms with Gasteiger partial charge >= 0.3 is 0 Å². The molecule has 1 fully saturated rings. The van der Waals surface area contributed by atoms with Gasteiger partial charge in [0.1, 0.15) is 5.82 Å². The fourth-order valence-corrected chi connectivity index (χ4v) is 5.27. The average molecular weight is 428 g/mol. The summed E-state index contributed by atoms with van der Waals surface area (Å²) < 4.78 is 2.22. The summed E-state index contributed by atoms with van der Waals surface area (Å²) in [5.74, 6) is 1.16. The van der Waals surface area contributed by atoms with Crippen molar-refractivity contribution in [2.45, 2.75) is 57.1 Å². The number of nitrogens with zero attached hydrogens (tertiary/aromatic N) is 4. The molecule has 0 unspecified atom stereocenters. The highest BCUT2D eigenvalue weighted by atomic mass is 32.2. The Kier molecular flexibility index (Phi) is 6.30. The Morgan fingerprint density at radius 3 is 2.69 bits per heavy atom. The van der Waals surface area contributed by atoms with Crippen LogP contribution in [-0.4, -0.2) is 31.4 Å². The first-order valence-electron chi connectivity index (χ1n) is 9.97. The van der Waals surface area contributed by atoms with E-state index in [9.17, 15) is 4.79 Å². The van der Waals surface area contributed by atoms with Crippen LogP contribution in [0.1, 0.15) is 49.5 Å². The van der Waals surface area contributed by atoms with E-state index in [4.69, 9.17) is 0 Å². The second-order valence-corrected chi connectivity index (χ2v) is 9.23. The van der Waals surface area contributed by atoms with Crippen LogP contribution in [0.15, 0.2) is 34.8 Å². The Labute approximate surface area is 179 Å². The molecule has 1 aromatic carbocycles. The summed E-state index contributed by atoms with van der Waals surface area (Å²) in [6, 6.07) is 8.68.